The Morgan fingerprint density at radius 2 is 2.07 bits per heavy atom. The molecule has 0 aliphatic heterocycles. The molecule has 14 heavy (non-hydrogen) atoms. The van der Waals surface area contributed by atoms with E-state index in [1.54, 1.807) is 0 Å². The molecule has 0 radical (unpaired) electrons. The van der Waals surface area contributed by atoms with Crippen LogP contribution in [0.5, 0.6) is 0 Å². The lowest BCUT2D eigenvalue weighted by molar-refractivity contribution is -0.0884. The average Bonchev–Trinajstić information content (AvgIpc) is 2.02. The predicted molar refractivity (Wildman–Crippen MR) is 52.5 cm³/mol. The molecule has 0 heterocycles. The van der Waals surface area contributed by atoms with Crippen LogP contribution in [0, 0.1) is 0 Å². The molecule has 2 nitrogen and oxygen atoms in total. The second-order valence-electron chi connectivity index (χ2n) is 2.25. The normalized spacial score (nSPS) is 13.4. The van der Waals surface area contributed by atoms with Crippen molar-refractivity contribution in [3.8, 4) is 0 Å². The number of nitrogens with zero attached hydrogens (tertiary/aromatic N) is 2. The molecular weight excluding hydrogens is 213 g/mol. The van der Waals surface area contributed by atoms with Gasteiger partial charge in [0.2, 0.25) is 0 Å². The minimum Gasteiger partial charge on any atom is -0.272 e. The van der Waals surface area contributed by atoms with Gasteiger partial charge in [0.05, 0.1) is 10.7 Å². The number of halogens is 3. The van der Waals surface area contributed by atoms with E-state index < -0.39 is 11.7 Å². The van der Waals surface area contributed by atoms with Crippen molar-refractivity contribution in [1.82, 2.24) is 0 Å². The van der Waals surface area contributed by atoms with Gasteiger partial charge in [0.15, 0.2) is 0 Å². The molecule has 0 aromatic rings. The number of aliphatic imine (C=N–C) groups is 2. The van der Waals surface area contributed by atoms with E-state index in [9.17, 15) is 13.2 Å². The molecule has 0 aromatic carbocycles. The van der Waals surface area contributed by atoms with Crippen LogP contribution >= 0.6 is 12.2 Å². The summed E-state index contributed by atoms with van der Waals surface area (Å²) in [5.41, 5.74) is -0.828. The molecule has 0 saturated carbocycles. The van der Waals surface area contributed by atoms with E-state index in [1.165, 1.54) is 6.92 Å². The first-order chi connectivity index (χ1) is 6.41. The molecule has 0 aliphatic carbocycles. The van der Waals surface area contributed by atoms with Crippen LogP contribution in [0.1, 0.15) is 6.92 Å². The summed E-state index contributed by atoms with van der Waals surface area (Å²) in [5.74, 6) is 0. The smallest absolute Gasteiger partial charge is 0.272 e. The van der Waals surface area contributed by atoms with Crippen LogP contribution in [-0.2, 0) is 0 Å². The minimum atomic E-state index is -4.47. The molecule has 0 amide bonds. The molecule has 0 rings (SSSR count). The highest BCUT2D eigenvalue weighted by Crippen LogP contribution is 2.27. The summed E-state index contributed by atoms with van der Waals surface area (Å²) in [4.78, 5) is 6.43. The summed E-state index contributed by atoms with van der Waals surface area (Å²) < 4.78 is 36.7. The monoisotopic (exact) mass is 220 g/mol. The topological polar surface area (TPSA) is 24.7 Å². The third-order valence-electron chi connectivity index (χ3n) is 1.14. The number of rotatable bonds is 3. The SMILES string of the molecule is C=N/C=C(\C=C(/C)N=C=S)C(F)(F)F. The van der Waals surface area contributed by atoms with Gasteiger partial charge in [-0.25, -0.2) is 0 Å². The Morgan fingerprint density at radius 3 is 2.43 bits per heavy atom. The largest absolute Gasteiger partial charge is 0.417 e. The van der Waals surface area contributed by atoms with E-state index in [-0.39, 0.29) is 5.70 Å². The Bertz CT molecular complexity index is 322. The van der Waals surface area contributed by atoms with Gasteiger partial charge < -0.3 is 0 Å². The molecule has 0 saturated heterocycles. The minimum absolute atomic E-state index is 0.104. The highest BCUT2D eigenvalue weighted by atomic mass is 32.1. The molecule has 0 spiro atoms. The van der Waals surface area contributed by atoms with Gasteiger partial charge in [-0.3, -0.25) is 4.99 Å². The van der Waals surface area contributed by atoms with Crippen LogP contribution in [0.2, 0.25) is 0 Å². The highest BCUT2D eigenvalue weighted by molar-refractivity contribution is 7.78. The van der Waals surface area contributed by atoms with Crippen molar-refractivity contribution >= 4 is 24.1 Å². The van der Waals surface area contributed by atoms with Gasteiger partial charge in [-0.15, -0.1) is 0 Å². The maximum absolute atomic E-state index is 12.2. The zero-order valence-electron chi connectivity index (χ0n) is 7.30. The van der Waals surface area contributed by atoms with Crippen LogP contribution in [0.15, 0.2) is 33.5 Å². The second-order valence-corrected chi connectivity index (χ2v) is 2.44. The fourth-order valence-corrected chi connectivity index (χ4v) is 0.764. The Balaban J connectivity index is 5.07. The molecule has 0 N–H and O–H groups in total. The van der Waals surface area contributed by atoms with Gasteiger partial charge in [0.1, 0.15) is 0 Å². The van der Waals surface area contributed by atoms with Gasteiger partial charge >= 0.3 is 6.18 Å². The number of hydrogen-bond donors (Lipinski definition) is 0. The molecule has 76 valence electrons. The van der Waals surface area contributed by atoms with Crippen LogP contribution in [0.3, 0.4) is 0 Å². The Kier molecular flexibility index (Phi) is 4.97. The fraction of sp³-hybridized carbons (Fsp3) is 0.250. The van der Waals surface area contributed by atoms with E-state index in [0.717, 1.165) is 6.08 Å². The molecule has 0 aromatic heterocycles. The third-order valence-corrected chi connectivity index (χ3v) is 1.24. The van der Waals surface area contributed by atoms with Crippen LogP contribution in [0.25, 0.3) is 0 Å². The van der Waals surface area contributed by atoms with Crippen molar-refractivity contribution in [3.05, 3.63) is 23.5 Å². The maximum atomic E-state index is 12.2. The first-order valence-electron chi connectivity index (χ1n) is 3.41. The molecule has 0 atom stereocenters. The lowest BCUT2D eigenvalue weighted by Crippen LogP contribution is -2.10. The van der Waals surface area contributed by atoms with E-state index in [1.807, 2.05) is 5.16 Å². The van der Waals surface area contributed by atoms with Gasteiger partial charge in [0, 0.05) is 11.9 Å². The van der Waals surface area contributed by atoms with Gasteiger partial charge in [-0.05, 0) is 31.9 Å². The predicted octanol–water partition coefficient (Wildman–Crippen LogP) is 3.14. The molecule has 6 heteroatoms. The molecule has 0 fully saturated rings. The molecule has 0 aliphatic rings. The Morgan fingerprint density at radius 1 is 1.50 bits per heavy atom. The molecule has 0 bridgehead atoms. The summed E-state index contributed by atoms with van der Waals surface area (Å²) in [7, 11) is 0. The molecular formula is C8H7F3N2S. The highest BCUT2D eigenvalue weighted by Gasteiger charge is 2.32. The van der Waals surface area contributed by atoms with Crippen molar-refractivity contribution in [2.45, 2.75) is 13.1 Å². The average molecular weight is 220 g/mol. The van der Waals surface area contributed by atoms with Crippen molar-refractivity contribution in [3.63, 3.8) is 0 Å². The number of thiocarbonyl (C=S) groups is 1. The van der Waals surface area contributed by atoms with E-state index >= 15 is 0 Å². The lowest BCUT2D eigenvalue weighted by Gasteiger charge is -2.05. The maximum Gasteiger partial charge on any atom is 0.417 e. The van der Waals surface area contributed by atoms with Crippen LogP contribution in [-0.4, -0.2) is 18.1 Å². The van der Waals surface area contributed by atoms with Crippen molar-refractivity contribution in [1.29, 1.82) is 0 Å². The van der Waals surface area contributed by atoms with Gasteiger partial charge in [0.25, 0.3) is 0 Å². The second kappa shape index (κ2) is 5.47. The Hall–Kier alpha value is -1.26. The lowest BCUT2D eigenvalue weighted by atomic mass is 10.2. The Labute approximate surface area is 84.6 Å². The number of hydrogen-bond acceptors (Lipinski definition) is 3. The fourth-order valence-electron chi connectivity index (χ4n) is 0.620. The summed E-state index contributed by atoms with van der Waals surface area (Å²) in [6, 6.07) is 0. The summed E-state index contributed by atoms with van der Waals surface area (Å²) in [5, 5.41) is 1.97. The number of alkyl halides is 3. The number of isothiocyanates is 1. The summed E-state index contributed by atoms with van der Waals surface area (Å²) >= 11 is 4.25. The quantitative estimate of drug-likeness (QED) is 0.407. The van der Waals surface area contributed by atoms with E-state index in [2.05, 4.69) is 28.9 Å². The van der Waals surface area contributed by atoms with Crippen molar-refractivity contribution in [2.24, 2.45) is 9.98 Å². The van der Waals surface area contributed by atoms with Crippen molar-refractivity contribution < 1.29 is 13.2 Å². The number of allylic oxidation sites excluding steroid dienone is 3. The van der Waals surface area contributed by atoms with E-state index in [4.69, 9.17) is 0 Å². The van der Waals surface area contributed by atoms with E-state index in [0.29, 0.717) is 6.20 Å². The van der Waals surface area contributed by atoms with Crippen molar-refractivity contribution in [2.75, 3.05) is 0 Å². The zero-order chi connectivity index (χ0) is 11.2. The third kappa shape index (κ3) is 4.69. The van der Waals surface area contributed by atoms with Gasteiger partial charge in [-0.1, -0.05) is 0 Å². The molecule has 0 unspecified atom stereocenters. The first-order valence-corrected chi connectivity index (χ1v) is 3.82. The first kappa shape index (κ1) is 12.7. The summed E-state index contributed by atoms with van der Waals surface area (Å²) in [6.07, 6.45) is -3.05. The zero-order valence-corrected chi connectivity index (χ0v) is 8.11. The van der Waals surface area contributed by atoms with Crippen LogP contribution in [0.4, 0.5) is 13.2 Å². The summed E-state index contributed by atoms with van der Waals surface area (Å²) in [6.45, 7) is 4.32. The van der Waals surface area contributed by atoms with Crippen LogP contribution < -0.4 is 0 Å². The van der Waals surface area contributed by atoms with Gasteiger partial charge in [-0.2, -0.15) is 18.2 Å². The standard InChI is InChI=1S/C8H7F3N2S/c1-6(13-5-14)3-7(4-12-2)8(9,10)11/h3-4H,2H2,1H3/b6-3+,7-4+.